The van der Waals surface area contributed by atoms with Crippen molar-refractivity contribution in [1.82, 2.24) is 0 Å². The Balaban J connectivity index is 2.12. The van der Waals surface area contributed by atoms with Crippen molar-refractivity contribution < 1.29 is 9.90 Å². The number of nitrogens with zero attached hydrogens (tertiary/aromatic N) is 2. The van der Waals surface area contributed by atoms with Gasteiger partial charge in [-0.25, -0.2) is 4.99 Å². The number of hydrogen-bond donors (Lipinski definition) is 1. The summed E-state index contributed by atoms with van der Waals surface area (Å²) in [6.45, 7) is 2.54. The fourth-order valence-corrected chi connectivity index (χ4v) is 2.38. The molecule has 1 amide bonds. The van der Waals surface area contributed by atoms with Gasteiger partial charge in [-0.1, -0.05) is 24.3 Å². The van der Waals surface area contributed by atoms with Crippen LogP contribution in [0.4, 0.5) is 11.4 Å². The van der Waals surface area contributed by atoms with Crippen molar-refractivity contribution in [2.75, 3.05) is 11.4 Å². The zero-order chi connectivity index (χ0) is 14.1. The molecule has 100 valence electrons. The number of amides is 1. The van der Waals surface area contributed by atoms with E-state index in [9.17, 15) is 9.90 Å². The van der Waals surface area contributed by atoms with Crippen LogP contribution in [0, 0.1) is 0 Å². The van der Waals surface area contributed by atoms with Gasteiger partial charge in [0.15, 0.2) is 0 Å². The van der Waals surface area contributed by atoms with Crippen LogP contribution in [-0.4, -0.2) is 23.3 Å². The second-order valence-electron chi connectivity index (χ2n) is 4.55. The molecule has 1 heterocycles. The third-order valence-corrected chi connectivity index (χ3v) is 3.28. The smallest absolute Gasteiger partial charge is 0.277 e. The van der Waals surface area contributed by atoms with E-state index in [0.717, 1.165) is 11.3 Å². The molecule has 4 heteroatoms. The predicted octanol–water partition coefficient (Wildman–Crippen LogP) is 2.88. The number of phenols is 1. The minimum absolute atomic E-state index is 0.1000. The molecule has 1 N–H and O–H groups in total. The van der Waals surface area contributed by atoms with E-state index in [0.29, 0.717) is 17.9 Å². The first-order valence-corrected chi connectivity index (χ1v) is 6.49. The van der Waals surface area contributed by atoms with Crippen molar-refractivity contribution in [3.8, 4) is 5.75 Å². The zero-order valence-electron chi connectivity index (χ0n) is 11.1. The number of benzene rings is 2. The Labute approximate surface area is 117 Å². The number of aliphatic imine (C=N–C) groups is 1. The van der Waals surface area contributed by atoms with E-state index in [4.69, 9.17) is 0 Å². The molecule has 0 radical (unpaired) electrons. The Hall–Kier alpha value is -2.62. The summed E-state index contributed by atoms with van der Waals surface area (Å²) < 4.78 is 0. The maximum atomic E-state index is 12.4. The van der Waals surface area contributed by atoms with E-state index in [-0.39, 0.29) is 11.7 Å². The van der Waals surface area contributed by atoms with Crippen LogP contribution in [0.5, 0.6) is 5.75 Å². The highest BCUT2D eigenvalue weighted by Gasteiger charge is 2.32. The van der Waals surface area contributed by atoms with Crippen LogP contribution in [0.25, 0.3) is 0 Å². The van der Waals surface area contributed by atoms with Crippen molar-refractivity contribution in [2.24, 2.45) is 4.99 Å². The van der Waals surface area contributed by atoms with Gasteiger partial charge in [-0.05, 0) is 25.1 Å². The van der Waals surface area contributed by atoms with Gasteiger partial charge in [0.25, 0.3) is 5.91 Å². The van der Waals surface area contributed by atoms with E-state index in [2.05, 4.69) is 4.99 Å². The normalized spacial score (nSPS) is 15.8. The molecule has 0 unspecified atom stereocenters. The van der Waals surface area contributed by atoms with Gasteiger partial charge in [-0.15, -0.1) is 0 Å². The molecule has 2 aromatic carbocycles. The van der Waals surface area contributed by atoms with Gasteiger partial charge in [0, 0.05) is 18.2 Å². The molecule has 3 rings (SSSR count). The lowest BCUT2D eigenvalue weighted by atomic mass is 10.1. The fourth-order valence-electron chi connectivity index (χ4n) is 2.38. The Morgan fingerprint density at radius 3 is 2.70 bits per heavy atom. The van der Waals surface area contributed by atoms with Crippen molar-refractivity contribution in [3.05, 3.63) is 54.1 Å². The van der Waals surface area contributed by atoms with E-state index in [1.807, 2.05) is 31.2 Å². The number of anilines is 1. The molecule has 0 aliphatic carbocycles. The average Bonchev–Trinajstić information content (AvgIpc) is 2.72. The van der Waals surface area contributed by atoms with Crippen LogP contribution in [0.2, 0.25) is 0 Å². The molecule has 0 atom stereocenters. The summed E-state index contributed by atoms with van der Waals surface area (Å²) in [6.07, 6.45) is 0. The minimum Gasteiger partial charge on any atom is -0.508 e. The first-order chi connectivity index (χ1) is 9.70. The standard InChI is InChI=1S/C16H14N2O2/c1-2-18-14-9-4-3-8-13(14)15(16(18)20)17-11-6-5-7-12(19)10-11/h3-10,19H,2H2,1H3. The highest BCUT2D eigenvalue weighted by Crippen LogP contribution is 2.30. The Bertz CT molecular complexity index is 707. The van der Waals surface area contributed by atoms with Gasteiger partial charge >= 0.3 is 0 Å². The Morgan fingerprint density at radius 2 is 1.95 bits per heavy atom. The van der Waals surface area contributed by atoms with Crippen LogP contribution in [0.3, 0.4) is 0 Å². The molecule has 0 bridgehead atoms. The van der Waals surface area contributed by atoms with Crippen molar-refractivity contribution in [2.45, 2.75) is 6.92 Å². The van der Waals surface area contributed by atoms with Gasteiger partial charge in [0.2, 0.25) is 0 Å². The fraction of sp³-hybridized carbons (Fsp3) is 0.125. The largest absolute Gasteiger partial charge is 0.508 e. The van der Waals surface area contributed by atoms with Crippen LogP contribution < -0.4 is 4.90 Å². The summed E-state index contributed by atoms with van der Waals surface area (Å²) in [5.41, 5.74) is 2.72. The van der Waals surface area contributed by atoms with E-state index in [1.54, 1.807) is 23.1 Å². The number of carbonyl (C=O) groups excluding carboxylic acids is 1. The summed E-state index contributed by atoms with van der Waals surface area (Å²) in [7, 11) is 0. The Morgan fingerprint density at radius 1 is 1.15 bits per heavy atom. The molecule has 0 saturated carbocycles. The molecule has 0 spiro atoms. The lowest BCUT2D eigenvalue weighted by Gasteiger charge is -2.12. The first-order valence-electron chi connectivity index (χ1n) is 6.49. The third kappa shape index (κ3) is 1.95. The summed E-state index contributed by atoms with van der Waals surface area (Å²) in [5, 5.41) is 9.48. The number of rotatable bonds is 2. The lowest BCUT2D eigenvalue weighted by Crippen LogP contribution is -2.29. The number of aromatic hydroxyl groups is 1. The summed E-state index contributed by atoms with van der Waals surface area (Å²) in [6, 6.07) is 14.2. The van der Waals surface area contributed by atoms with Crippen molar-refractivity contribution in [3.63, 3.8) is 0 Å². The number of fused-ring (bicyclic) bond motifs is 1. The molecular weight excluding hydrogens is 252 g/mol. The number of carbonyl (C=O) groups is 1. The van der Waals surface area contributed by atoms with Crippen molar-refractivity contribution >= 4 is 23.0 Å². The van der Waals surface area contributed by atoms with Gasteiger partial charge in [0.1, 0.15) is 11.5 Å². The van der Waals surface area contributed by atoms with E-state index < -0.39 is 0 Å². The average molecular weight is 266 g/mol. The third-order valence-electron chi connectivity index (χ3n) is 3.28. The van der Waals surface area contributed by atoms with Crippen LogP contribution in [0.1, 0.15) is 12.5 Å². The van der Waals surface area contributed by atoms with Gasteiger partial charge in [-0.3, -0.25) is 4.79 Å². The van der Waals surface area contributed by atoms with E-state index >= 15 is 0 Å². The maximum Gasteiger partial charge on any atom is 0.277 e. The van der Waals surface area contributed by atoms with Crippen LogP contribution in [0.15, 0.2) is 53.5 Å². The molecule has 0 fully saturated rings. The topological polar surface area (TPSA) is 52.9 Å². The SMILES string of the molecule is CCN1C(=O)C(=Nc2cccc(O)c2)c2ccccc21. The van der Waals surface area contributed by atoms with Gasteiger partial charge in [-0.2, -0.15) is 0 Å². The molecule has 1 aliphatic rings. The second-order valence-corrected chi connectivity index (χ2v) is 4.55. The summed E-state index contributed by atoms with van der Waals surface area (Å²) >= 11 is 0. The monoisotopic (exact) mass is 266 g/mol. The van der Waals surface area contributed by atoms with Crippen molar-refractivity contribution in [1.29, 1.82) is 0 Å². The van der Waals surface area contributed by atoms with Gasteiger partial charge in [0.05, 0.1) is 11.4 Å². The number of phenolic OH excluding ortho intramolecular Hbond substituents is 1. The number of hydrogen-bond acceptors (Lipinski definition) is 3. The molecular formula is C16H14N2O2. The molecule has 4 nitrogen and oxygen atoms in total. The zero-order valence-corrected chi connectivity index (χ0v) is 11.1. The predicted molar refractivity (Wildman–Crippen MR) is 78.8 cm³/mol. The van der Waals surface area contributed by atoms with Crippen LogP contribution in [-0.2, 0) is 4.79 Å². The summed E-state index contributed by atoms with van der Waals surface area (Å²) in [4.78, 5) is 18.5. The highest BCUT2D eigenvalue weighted by molar-refractivity contribution is 6.54. The number of likely N-dealkylation sites (N-methyl/N-ethyl adjacent to an activating group) is 1. The van der Waals surface area contributed by atoms with E-state index in [1.165, 1.54) is 6.07 Å². The molecule has 20 heavy (non-hydrogen) atoms. The number of para-hydroxylation sites is 1. The molecule has 2 aromatic rings. The lowest BCUT2D eigenvalue weighted by molar-refractivity contribution is -0.112. The second kappa shape index (κ2) is 4.81. The van der Waals surface area contributed by atoms with Crippen LogP contribution >= 0.6 is 0 Å². The first kappa shape index (κ1) is 12.4. The summed E-state index contributed by atoms with van der Waals surface area (Å²) in [5.74, 6) is 0.0370. The quantitative estimate of drug-likeness (QED) is 0.908. The molecule has 0 saturated heterocycles. The molecule has 1 aliphatic heterocycles. The Kier molecular flexibility index (Phi) is 2.99. The molecule has 0 aromatic heterocycles. The highest BCUT2D eigenvalue weighted by atomic mass is 16.3. The maximum absolute atomic E-state index is 12.4. The van der Waals surface area contributed by atoms with Gasteiger partial charge < -0.3 is 10.0 Å². The minimum atomic E-state index is -0.1000.